The molecule has 35 heavy (non-hydrogen) atoms. The lowest BCUT2D eigenvalue weighted by Crippen LogP contribution is -2.07. The molecule has 0 unspecified atom stereocenters. The first-order valence-electron chi connectivity index (χ1n) is 11.1. The van der Waals surface area contributed by atoms with Crippen molar-refractivity contribution in [2.75, 3.05) is 12.9 Å². The normalized spacial score (nSPS) is 11.8. The molecular weight excluding hydrogens is 507 g/mol. The summed E-state index contributed by atoms with van der Waals surface area (Å²) in [5.74, 6) is -0.222. The van der Waals surface area contributed by atoms with Crippen molar-refractivity contribution in [3.8, 4) is 11.3 Å². The Bertz CT molecular complexity index is 1350. The molecule has 188 valence electrons. The van der Waals surface area contributed by atoms with Crippen LogP contribution in [0.25, 0.3) is 21.3 Å². The number of hydrogen-bond donors (Lipinski definition) is 2. The molecule has 1 atom stereocenters. The van der Waals surface area contributed by atoms with Crippen LogP contribution in [0.5, 0.6) is 0 Å². The van der Waals surface area contributed by atoms with Crippen LogP contribution in [0.15, 0.2) is 60.8 Å². The van der Waals surface area contributed by atoms with E-state index in [0.29, 0.717) is 17.0 Å². The number of aliphatic hydroxyl groups is 1. The van der Waals surface area contributed by atoms with Gasteiger partial charge in [-0.3, -0.25) is 4.98 Å². The highest BCUT2D eigenvalue weighted by Gasteiger charge is 2.14. The van der Waals surface area contributed by atoms with E-state index in [1.165, 1.54) is 6.07 Å². The topological polar surface area (TPSA) is 93.3 Å². The maximum absolute atomic E-state index is 14.2. The minimum atomic E-state index is -3.17. The molecule has 0 bridgehead atoms. The lowest BCUT2D eigenvalue weighted by Gasteiger charge is -2.10. The van der Waals surface area contributed by atoms with Crippen molar-refractivity contribution in [1.29, 1.82) is 0 Å². The average Bonchev–Trinajstić information content (AvgIpc) is 3.24. The lowest BCUT2D eigenvalue weighted by atomic mass is 10.0. The summed E-state index contributed by atoms with van der Waals surface area (Å²) in [6.07, 6.45) is 3.18. The second-order valence-corrected chi connectivity index (χ2v) is 10.9. The second-order valence-electron chi connectivity index (χ2n) is 7.70. The van der Waals surface area contributed by atoms with E-state index < -0.39 is 10.0 Å². The highest BCUT2D eigenvalue weighted by atomic mass is 35.5. The van der Waals surface area contributed by atoms with Gasteiger partial charge in [-0.25, -0.2) is 17.9 Å². The number of rotatable bonds is 5. The molecule has 0 spiro atoms. The van der Waals surface area contributed by atoms with Gasteiger partial charge in [0.2, 0.25) is 10.0 Å². The minimum Gasteiger partial charge on any atom is -0.396 e. The SMILES string of the molecule is CC.CS(N)(=O)=O.C[C@H](CO)c1ccnc(-c2cccc3cc(Cc4c(F)cccc4Cl)sc23)c1. The predicted molar refractivity (Wildman–Crippen MR) is 145 cm³/mol. The lowest BCUT2D eigenvalue weighted by molar-refractivity contribution is 0.273. The van der Waals surface area contributed by atoms with Crippen LogP contribution in [0.4, 0.5) is 4.39 Å². The van der Waals surface area contributed by atoms with Crippen LogP contribution in [-0.2, 0) is 16.4 Å². The van der Waals surface area contributed by atoms with Crippen LogP contribution in [0, 0.1) is 5.82 Å². The van der Waals surface area contributed by atoms with Crippen LogP contribution < -0.4 is 5.14 Å². The number of nitrogens with two attached hydrogens (primary N) is 1. The number of benzene rings is 2. The monoisotopic (exact) mass is 536 g/mol. The zero-order valence-electron chi connectivity index (χ0n) is 20.1. The number of thiophene rings is 1. The maximum Gasteiger partial charge on any atom is 0.206 e. The van der Waals surface area contributed by atoms with E-state index in [4.69, 9.17) is 11.6 Å². The van der Waals surface area contributed by atoms with E-state index in [-0.39, 0.29) is 18.3 Å². The highest BCUT2D eigenvalue weighted by molar-refractivity contribution is 7.88. The van der Waals surface area contributed by atoms with Gasteiger partial charge in [0.05, 0.1) is 11.9 Å². The number of pyridine rings is 1. The zero-order chi connectivity index (χ0) is 26.2. The van der Waals surface area contributed by atoms with Crippen LogP contribution in [0.3, 0.4) is 0 Å². The Morgan fingerprint density at radius 2 is 1.80 bits per heavy atom. The Kier molecular flexibility index (Phi) is 10.8. The van der Waals surface area contributed by atoms with Crippen molar-refractivity contribution in [1.82, 2.24) is 4.98 Å². The molecule has 3 N–H and O–H groups in total. The van der Waals surface area contributed by atoms with E-state index >= 15 is 0 Å². The standard InChI is InChI=1S/C23H19ClFNOS.C2H6.CH5NO2S/c1-14(13-27)15-8-9-26-22(11-15)18-5-2-4-16-10-17(28-23(16)18)12-19-20(24)6-3-7-21(19)25;1-2;1-5(2,3)4/h2-11,14,27H,12-13H2,1H3;1-2H3;1H3,(H2,2,3,4)/t14-;;/m1../s1. The Balaban J connectivity index is 0.000000551. The largest absolute Gasteiger partial charge is 0.396 e. The van der Waals surface area contributed by atoms with Gasteiger partial charge in [0.1, 0.15) is 5.82 Å². The van der Waals surface area contributed by atoms with Gasteiger partial charge in [-0.15, -0.1) is 11.3 Å². The third kappa shape index (κ3) is 8.37. The molecule has 0 aliphatic rings. The summed E-state index contributed by atoms with van der Waals surface area (Å²) in [6.45, 7) is 6.08. The third-order valence-corrected chi connectivity index (χ3v) is 6.45. The molecular formula is C26H30ClFN2O3S2. The number of aliphatic hydroxyl groups excluding tert-OH is 1. The fraction of sp³-hybridized carbons (Fsp3) is 0.269. The predicted octanol–water partition coefficient (Wildman–Crippen LogP) is 6.37. The van der Waals surface area contributed by atoms with Crippen molar-refractivity contribution in [2.45, 2.75) is 33.1 Å². The smallest absolute Gasteiger partial charge is 0.206 e. The highest BCUT2D eigenvalue weighted by Crippen LogP contribution is 2.36. The van der Waals surface area contributed by atoms with Crippen LogP contribution in [0.2, 0.25) is 5.02 Å². The number of halogens is 2. The number of fused-ring (bicyclic) bond motifs is 1. The summed E-state index contributed by atoms with van der Waals surface area (Å²) in [7, 11) is -3.17. The van der Waals surface area contributed by atoms with Gasteiger partial charge in [-0.05, 0) is 41.3 Å². The number of aromatic nitrogens is 1. The molecule has 9 heteroatoms. The molecule has 4 aromatic rings. The molecule has 0 aliphatic carbocycles. The number of primary sulfonamides is 1. The Morgan fingerprint density at radius 3 is 2.43 bits per heavy atom. The van der Waals surface area contributed by atoms with Crippen molar-refractivity contribution in [2.24, 2.45) is 5.14 Å². The zero-order valence-corrected chi connectivity index (χ0v) is 22.5. The van der Waals surface area contributed by atoms with E-state index in [0.717, 1.165) is 38.0 Å². The summed E-state index contributed by atoms with van der Waals surface area (Å²) in [4.78, 5) is 5.59. The molecule has 0 aliphatic heterocycles. The summed E-state index contributed by atoms with van der Waals surface area (Å²) in [5, 5.41) is 15.3. The number of sulfonamides is 1. The summed E-state index contributed by atoms with van der Waals surface area (Å²) in [6, 6.07) is 17.0. The van der Waals surface area contributed by atoms with Crippen LogP contribution in [0.1, 0.15) is 42.7 Å². The molecule has 0 fully saturated rings. The molecule has 2 aromatic carbocycles. The Labute approximate surface area is 215 Å². The molecule has 4 rings (SSSR count). The van der Waals surface area contributed by atoms with Crippen LogP contribution >= 0.6 is 22.9 Å². The van der Waals surface area contributed by atoms with Gasteiger partial charge in [0, 0.05) is 50.9 Å². The number of nitrogens with zero attached hydrogens (tertiary/aromatic N) is 1. The fourth-order valence-corrected chi connectivity index (χ4v) is 4.71. The van der Waals surface area contributed by atoms with Crippen molar-refractivity contribution >= 4 is 43.0 Å². The summed E-state index contributed by atoms with van der Waals surface area (Å²) in [5.41, 5.74) is 3.50. The second kappa shape index (κ2) is 13.1. The van der Waals surface area contributed by atoms with Gasteiger partial charge in [0.15, 0.2) is 0 Å². The molecule has 2 heterocycles. The molecule has 0 saturated carbocycles. The average molecular weight is 537 g/mol. The van der Waals surface area contributed by atoms with Crippen molar-refractivity contribution in [3.63, 3.8) is 0 Å². The molecule has 0 radical (unpaired) electrons. The van der Waals surface area contributed by atoms with E-state index in [2.05, 4.69) is 28.3 Å². The summed E-state index contributed by atoms with van der Waals surface area (Å²) < 4.78 is 34.1. The van der Waals surface area contributed by atoms with Gasteiger partial charge in [-0.2, -0.15) is 0 Å². The minimum absolute atomic E-state index is 0.0584. The first-order chi connectivity index (χ1) is 16.6. The summed E-state index contributed by atoms with van der Waals surface area (Å²) >= 11 is 7.84. The van der Waals surface area contributed by atoms with E-state index in [1.807, 2.05) is 39.0 Å². The Hall–Kier alpha value is -2.36. The first kappa shape index (κ1) is 28.9. The maximum atomic E-state index is 14.2. The molecule has 0 saturated heterocycles. The quantitative estimate of drug-likeness (QED) is 0.310. The van der Waals surface area contributed by atoms with Gasteiger partial charge >= 0.3 is 0 Å². The van der Waals surface area contributed by atoms with E-state index in [9.17, 15) is 17.9 Å². The molecule has 0 amide bonds. The Morgan fingerprint density at radius 1 is 1.14 bits per heavy atom. The first-order valence-corrected chi connectivity index (χ1v) is 14.2. The fourth-order valence-electron chi connectivity index (χ4n) is 3.29. The number of hydrogen-bond acceptors (Lipinski definition) is 5. The van der Waals surface area contributed by atoms with Gasteiger partial charge < -0.3 is 5.11 Å². The van der Waals surface area contributed by atoms with Crippen LogP contribution in [-0.4, -0.2) is 31.4 Å². The third-order valence-electron chi connectivity index (χ3n) is 4.91. The van der Waals surface area contributed by atoms with E-state index in [1.54, 1.807) is 29.7 Å². The molecule has 5 nitrogen and oxygen atoms in total. The van der Waals surface area contributed by atoms with Gasteiger partial charge in [0.25, 0.3) is 0 Å². The molecule has 2 aromatic heterocycles. The van der Waals surface area contributed by atoms with Crippen molar-refractivity contribution in [3.05, 3.63) is 87.6 Å². The van der Waals surface area contributed by atoms with Gasteiger partial charge in [-0.1, -0.05) is 56.6 Å². The van der Waals surface area contributed by atoms with Crippen molar-refractivity contribution < 1.29 is 17.9 Å².